The minimum atomic E-state index is -2.92. The molecule has 8 rings (SSSR count). The van der Waals surface area contributed by atoms with Crippen LogP contribution < -0.4 is 20.4 Å². The van der Waals surface area contributed by atoms with Crippen LogP contribution in [0.1, 0.15) is 89.0 Å². The predicted molar refractivity (Wildman–Crippen MR) is 230 cm³/mol. The largest absolute Gasteiger partial charge is 0.534 e. The Morgan fingerprint density at radius 3 is 2.13 bits per heavy atom. The molecule has 0 saturated heterocycles. The van der Waals surface area contributed by atoms with Gasteiger partial charge in [-0.25, -0.2) is 9.78 Å². The number of carbonyl (C=O) groups excluding carboxylic acids is 4. The van der Waals surface area contributed by atoms with Crippen LogP contribution in [0.15, 0.2) is 102 Å². The van der Waals surface area contributed by atoms with Crippen molar-refractivity contribution in [2.45, 2.75) is 96.9 Å². The molecule has 3 aliphatic rings. The Bertz CT molecular complexity index is 2570. The Kier molecular flexibility index (Phi) is 10.7. The zero-order valence-corrected chi connectivity index (χ0v) is 35.7. The standard InChI is InChI=1S/C48H49N3O8Si/c1-6-34-35-27-31(59-60(47(3,4)5,32-17-11-8-12-18-32)33-19-13-9-14-20-33)22-23-39(35)49-44-36(34)29-51-40(44)28-38-37(45(51)55)30-57-46(56)48(38,7-2)58-43(54)21-15-10-16-26-50-41(52)24-25-42(50)53/h8-9,11-14,17-20,22-25,27-28H,6-7,10,15-16,21,26,29-30H2,1-5H3. The van der Waals surface area contributed by atoms with Crippen LogP contribution in [0.2, 0.25) is 5.04 Å². The molecule has 2 aromatic heterocycles. The lowest BCUT2D eigenvalue weighted by atomic mass is 9.85. The number of nitrogens with zero attached hydrogens (tertiary/aromatic N) is 3. The number of ether oxygens (including phenoxy) is 2. The molecule has 0 bridgehead atoms. The van der Waals surface area contributed by atoms with Gasteiger partial charge in [-0.2, -0.15) is 0 Å². The minimum absolute atomic E-state index is 0.00638. The molecule has 2 amide bonds. The zero-order chi connectivity index (χ0) is 42.4. The summed E-state index contributed by atoms with van der Waals surface area (Å²) in [5.74, 6) is -1.27. The van der Waals surface area contributed by atoms with Crippen molar-refractivity contribution in [2.75, 3.05) is 6.54 Å². The van der Waals surface area contributed by atoms with Gasteiger partial charge in [0.05, 0.1) is 29.0 Å². The Balaban J connectivity index is 1.12. The van der Waals surface area contributed by atoms with E-state index in [2.05, 4.69) is 82.3 Å². The lowest BCUT2D eigenvalue weighted by molar-refractivity contribution is -0.189. The third-order valence-electron chi connectivity index (χ3n) is 12.2. The number of aromatic nitrogens is 2. The fraction of sp³-hybridized carbons (Fsp3) is 0.333. The number of pyridine rings is 2. The predicted octanol–water partition coefficient (Wildman–Crippen LogP) is 6.62. The first-order chi connectivity index (χ1) is 28.8. The van der Waals surface area contributed by atoms with Gasteiger partial charge in [-0.15, -0.1) is 0 Å². The summed E-state index contributed by atoms with van der Waals surface area (Å²) >= 11 is 0. The average Bonchev–Trinajstić information content (AvgIpc) is 3.77. The van der Waals surface area contributed by atoms with Crippen molar-refractivity contribution >= 4 is 53.3 Å². The van der Waals surface area contributed by atoms with Crippen LogP contribution in [0.5, 0.6) is 5.75 Å². The van der Waals surface area contributed by atoms with Crippen LogP contribution in [0, 0.1) is 0 Å². The summed E-state index contributed by atoms with van der Waals surface area (Å²) < 4.78 is 20.7. The number of hydrogen-bond acceptors (Lipinski definition) is 9. The number of rotatable bonds is 13. The summed E-state index contributed by atoms with van der Waals surface area (Å²) in [4.78, 5) is 71.4. The maximum absolute atomic E-state index is 14.4. The summed E-state index contributed by atoms with van der Waals surface area (Å²) in [6.45, 7) is 10.9. The fourth-order valence-electron chi connectivity index (χ4n) is 9.20. The molecule has 60 heavy (non-hydrogen) atoms. The second-order valence-electron chi connectivity index (χ2n) is 16.7. The van der Waals surface area contributed by atoms with Gasteiger partial charge in [0.15, 0.2) is 0 Å². The number of imide groups is 1. The summed E-state index contributed by atoms with van der Waals surface area (Å²) in [6.07, 6.45) is 4.74. The van der Waals surface area contributed by atoms with E-state index in [4.69, 9.17) is 18.9 Å². The third-order valence-corrected chi connectivity index (χ3v) is 17.2. The number of esters is 2. The quantitative estimate of drug-likeness (QED) is 0.0546. The molecule has 0 spiro atoms. The van der Waals surface area contributed by atoms with Crippen molar-refractivity contribution in [3.8, 4) is 17.1 Å². The van der Waals surface area contributed by atoms with Gasteiger partial charge in [-0.1, -0.05) is 102 Å². The summed E-state index contributed by atoms with van der Waals surface area (Å²) in [5.41, 5.74) is 2.42. The van der Waals surface area contributed by atoms with E-state index in [-0.39, 0.29) is 54.0 Å². The number of unbranched alkanes of at least 4 members (excludes halogenated alkanes) is 2. The van der Waals surface area contributed by atoms with E-state index in [0.29, 0.717) is 49.2 Å². The summed E-state index contributed by atoms with van der Waals surface area (Å²) in [7, 11) is -2.92. The van der Waals surface area contributed by atoms with Crippen molar-refractivity contribution in [1.82, 2.24) is 14.5 Å². The molecule has 3 aromatic carbocycles. The monoisotopic (exact) mass is 823 g/mol. The number of hydrogen-bond donors (Lipinski definition) is 0. The number of aryl methyl sites for hydroxylation is 1. The van der Waals surface area contributed by atoms with E-state index in [9.17, 15) is 24.0 Å². The lowest BCUT2D eigenvalue weighted by Crippen LogP contribution is -2.68. The van der Waals surface area contributed by atoms with Crippen LogP contribution in [0.3, 0.4) is 0 Å². The molecule has 0 fully saturated rings. The molecular formula is C48H49N3O8Si. The highest BCUT2D eigenvalue weighted by atomic mass is 28.4. The summed E-state index contributed by atoms with van der Waals surface area (Å²) in [6, 6.07) is 28.9. The maximum Gasteiger partial charge on any atom is 0.355 e. The third kappa shape index (κ3) is 6.76. The number of cyclic esters (lactones) is 1. The van der Waals surface area contributed by atoms with Gasteiger partial charge in [0.1, 0.15) is 12.4 Å². The Morgan fingerprint density at radius 2 is 1.52 bits per heavy atom. The van der Waals surface area contributed by atoms with Gasteiger partial charge < -0.3 is 18.5 Å². The highest BCUT2D eigenvalue weighted by molar-refractivity contribution is 7.00. The van der Waals surface area contributed by atoms with E-state index in [0.717, 1.165) is 27.8 Å². The van der Waals surface area contributed by atoms with Crippen molar-refractivity contribution in [2.24, 2.45) is 0 Å². The van der Waals surface area contributed by atoms with Crippen molar-refractivity contribution in [3.63, 3.8) is 0 Å². The molecular weight excluding hydrogens is 775 g/mol. The second kappa shape index (κ2) is 15.8. The van der Waals surface area contributed by atoms with Crippen LogP contribution in [-0.4, -0.2) is 53.1 Å². The minimum Gasteiger partial charge on any atom is -0.534 e. The molecule has 12 heteroatoms. The van der Waals surface area contributed by atoms with Crippen LogP contribution in [0.4, 0.5) is 0 Å². The number of carbonyl (C=O) groups is 4. The van der Waals surface area contributed by atoms with Gasteiger partial charge in [-0.05, 0) is 70.9 Å². The molecule has 1 unspecified atom stereocenters. The molecule has 308 valence electrons. The van der Waals surface area contributed by atoms with Gasteiger partial charge >= 0.3 is 20.3 Å². The molecule has 5 heterocycles. The molecule has 5 aromatic rings. The number of fused-ring (bicyclic) bond motifs is 5. The van der Waals surface area contributed by atoms with Crippen molar-refractivity contribution < 1.29 is 33.1 Å². The highest BCUT2D eigenvalue weighted by Crippen LogP contribution is 2.44. The summed E-state index contributed by atoms with van der Waals surface area (Å²) in [5, 5.41) is 3.05. The van der Waals surface area contributed by atoms with Gasteiger partial charge in [-0.3, -0.25) is 24.1 Å². The first-order valence-corrected chi connectivity index (χ1v) is 22.7. The first kappa shape index (κ1) is 40.6. The van der Waals surface area contributed by atoms with E-state index in [1.54, 1.807) is 17.6 Å². The van der Waals surface area contributed by atoms with Crippen molar-refractivity contribution in [1.29, 1.82) is 0 Å². The van der Waals surface area contributed by atoms with E-state index >= 15 is 0 Å². The van der Waals surface area contributed by atoms with Gasteiger partial charge in [0.2, 0.25) is 5.60 Å². The van der Waals surface area contributed by atoms with Crippen LogP contribution >= 0.6 is 0 Å². The van der Waals surface area contributed by atoms with Gasteiger partial charge in [0, 0.05) is 41.6 Å². The molecule has 0 saturated carbocycles. The average molecular weight is 824 g/mol. The number of benzene rings is 3. The Hall–Kier alpha value is -6.14. The lowest BCUT2D eigenvalue weighted by Gasteiger charge is -2.43. The van der Waals surface area contributed by atoms with Crippen LogP contribution in [-0.2, 0) is 53.8 Å². The van der Waals surface area contributed by atoms with E-state index in [1.807, 2.05) is 24.3 Å². The highest BCUT2D eigenvalue weighted by Gasteiger charge is 2.53. The molecule has 0 radical (unpaired) electrons. The van der Waals surface area contributed by atoms with Crippen LogP contribution in [0.25, 0.3) is 22.3 Å². The first-order valence-electron chi connectivity index (χ1n) is 20.8. The Morgan fingerprint density at radius 1 is 0.850 bits per heavy atom. The molecule has 3 aliphatic heterocycles. The number of amides is 2. The van der Waals surface area contributed by atoms with Crippen molar-refractivity contribution in [3.05, 3.63) is 130 Å². The smallest absolute Gasteiger partial charge is 0.355 e. The van der Waals surface area contributed by atoms with E-state index < -0.39 is 25.9 Å². The Labute approximate surface area is 350 Å². The topological polar surface area (TPSA) is 134 Å². The normalized spacial score (nSPS) is 17.1. The maximum atomic E-state index is 14.4. The molecule has 0 N–H and O–H groups in total. The fourth-order valence-corrected chi connectivity index (χ4v) is 13.6. The van der Waals surface area contributed by atoms with E-state index in [1.165, 1.54) is 27.4 Å². The van der Waals surface area contributed by atoms with Gasteiger partial charge in [0.25, 0.3) is 17.4 Å². The SMILES string of the molecule is CCc1c2c(nc3ccc(O[Si](c4ccccc4)(c4ccccc4)C(C)(C)C)cc13)-c1cc3c(c(=O)n1C2)COC(=O)C3(CC)OC(=O)CCCCCN1C(=O)C=CC1=O. The molecule has 11 nitrogen and oxygen atoms in total. The molecule has 0 aliphatic carbocycles. The second-order valence-corrected chi connectivity index (χ2v) is 21.0. The zero-order valence-electron chi connectivity index (χ0n) is 34.7. The molecule has 1 atom stereocenters.